The van der Waals surface area contributed by atoms with E-state index < -0.39 is 0 Å². The summed E-state index contributed by atoms with van der Waals surface area (Å²) >= 11 is 0. The van der Waals surface area contributed by atoms with Gasteiger partial charge < -0.3 is 0 Å². The molecular weight excluding hydrogens is 136 g/mol. The fourth-order valence-electron chi connectivity index (χ4n) is 1.23. The summed E-state index contributed by atoms with van der Waals surface area (Å²) in [5.41, 5.74) is 0.966. The minimum absolute atomic E-state index is 0.243. The largest absolute Gasteiger partial charge is 0.299 e. The van der Waals surface area contributed by atoms with Crippen LogP contribution in [0.2, 0.25) is 0 Å². The molecule has 0 aliphatic rings. The van der Waals surface area contributed by atoms with Crippen molar-refractivity contribution >= 4 is 5.78 Å². The normalized spacial score (nSPS) is 13.4. The fraction of sp³-hybridized carbons (Fsp3) is 0.700. The summed E-state index contributed by atoms with van der Waals surface area (Å²) in [6, 6.07) is 0. The molecule has 0 aliphatic heterocycles. The molecule has 0 aromatic rings. The van der Waals surface area contributed by atoms with Crippen LogP contribution < -0.4 is 0 Å². The molecule has 0 bridgehead atoms. The molecule has 0 rings (SSSR count). The quantitative estimate of drug-likeness (QED) is 0.571. The lowest BCUT2D eigenvalue weighted by atomic mass is 9.79. The van der Waals surface area contributed by atoms with E-state index in [4.69, 9.17) is 0 Å². The predicted octanol–water partition coefficient (Wildman–Crippen LogP) is 2.96. The van der Waals surface area contributed by atoms with E-state index in [-0.39, 0.29) is 11.2 Å². The van der Waals surface area contributed by atoms with E-state index in [2.05, 4.69) is 6.92 Å². The number of carbonyl (C=O) groups is 1. The van der Waals surface area contributed by atoms with Gasteiger partial charge in [-0.2, -0.15) is 0 Å². The first-order valence-corrected chi connectivity index (χ1v) is 4.13. The first kappa shape index (κ1) is 10.4. The monoisotopic (exact) mass is 154 g/mol. The zero-order valence-corrected chi connectivity index (χ0v) is 8.19. The van der Waals surface area contributed by atoms with E-state index in [1.165, 1.54) is 5.57 Å². The third-order valence-electron chi connectivity index (χ3n) is 2.41. The van der Waals surface area contributed by atoms with Gasteiger partial charge in [0.2, 0.25) is 0 Å². The minimum atomic E-state index is -0.260. The number of rotatable bonds is 3. The van der Waals surface area contributed by atoms with Gasteiger partial charge in [-0.1, -0.05) is 18.6 Å². The number of hydrogen-bond donors (Lipinski definition) is 0. The maximum atomic E-state index is 11.2. The van der Waals surface area contributed by atoms with Gasteiger partial charge in [-0.25, -0.2) is 0 Å². The van der Waals surface area contributed by atoms with Crippen molar-refractivity contribution in [2.75, 3.05) is 0 Å². The molecule has 0 unspecified atom stereocenters. The second-order valence-corrected chi connectivity index (χ2v) is 3.35. The Morgan fingerprint density at radius 3 is 2.00 bits per heavy atom. The van der Waals surface area contributed by atoms with Crippen molar-refractivity contribution in [3.8, 4) is 0 Å². The van der Waals surface area contributed by atoms with Crippen LogP contribution in [-0.4, -0.2) is 5.78 Å². The molecule has 1 heteroatoms. The molecule has 0 aromatic heterocycles. The molecule has 0 saturated carbocycles. The second-order valence-electron chi connectivity index (χ2n) is 3.35. The third-order valence-corrected chi connectivity index (χ3v) is 2.41. The van der Waals surface area contributed by atoms with Crippen LogP contribution in [0.25, 0.3) is 0 Å². The Kier molecular flexibility index (Phi) is 3.50. The van der Waals surface area contributed by atoms with E-state index in [0.29, 0.717) is 0 Å². The highest BCUT2D eigenvalue weighted by Gasteiger charge is 2.26. The van der Waals surface area contributed by atoms with E-state index in [9.17, 15) is 4.79 Å². The van der Waals surface area contributed by atoms with Crippen LogP contribution in [0.5, 0.6) is 0 Å². The molecule has 0 atom stereocenters. The molecule has 0 amide bonds. The summed E-state index contributed by atoms with van der Waals surface area (Å²) in [4.78, 5) is 11.2. The van der Waals surface area contributed by atoms with Crippen molar-refractivity contribution in [3.05, 3.63) is 11.6 Å². The minimum Gasteiger partial charge on any atom is -0.299 e. The molecule has 0 saturated heterocycles. The van der Waals surface area contributed by atoms with E-state index in [0.717, 1.165) is 6.42 Å². The first-order valence-electron chi connectivity index (χ1n) is 4.13. The van der Waals surface area contributed by atoms with Gasteiger partial charge in [-0.3, -0.25) is 4.79 Å². The van der Waals surface area contributed by atoms with Crippen molar-refractivity contribution in [2.24, 2.45) is 5.41 Å². The smallest absolute Gasteiger partial charge is 0.139 e. The highest BCUT2D eigenvalue weighted by molar-refractivity contribution is 5.84. The molecule has 0 fully saturated rings. The Hall–Kier alpha value is -0.590. The molecular formula is C10H18O. The lowest BCUT2D eigenvalue weighted by molar-refractivity contribution is -0.123. The fourth-order valence-corrected chi connectivity index (χ4v) is 1.23. The highest BCUT2D eigenvalue weighted by atomic mass is 16.1. The van der Waals surface area contributed by atoms with E-state index in [1.54, 1.807) is 6.92 Å². The standard InChI is InChI=1S/C10H18O/c1-6-9(7-2)10(4,5)8(3)11/h6H,7H2,1-5H3/b9-6-. The summed E-state index contributed by atoms with van der Waals surface area (Å²) < 4.78 is 0. The van der Waals surface area contributed by atoms with Gasteiger partial charge >= 0.3 is 0 Å². The van der Waals surface area contributed by atoms with Gasteiger partial charge in [-0.15, -0.1) is 0 Å². The van der Waals surface area contributed by atoms with Gasteiger partial charge in [0.15, 0.2) is 0 Å². The number of ketones is 1. The molecule has 0 aromatic carbocycles. The lowest BCUT2D eigenvalue weighted by Gasteiger charge is -2.23. The Morgan fingerprint density at radius 1 is 1.45 bits per heavy atom. The van der Waals surface area contributed by atoms with Crippen molar-refractivity contribution in [1.29, 1.82) is 0 Å². The SMILES string of the molecule is C/C=C(/CC)C(C)(C)C(C)=O. The maximum Gasteiger partial charge on any atom is 0.139 e. The predicted molar refractivity (Wildman–Crippen MR) is 48.5 cm³/mol. The van der Waals surface area contributed by atoms with Crippen LogP contribution in [0.1, 0.15) is 41.0 Å². The van der Waals surface area contributed by atoms with Gasteiger partial charge in [0.1, 0.15) is 5.78 Å². The molecule has 11 heavy (non-hydrogen) atoms. The zero-order chi connectivity index (χ0) is 9.07. The van der Waals surface area contributed by atoms with E-state index in [1.807, 2.05) is 26.8 Å². The Balaban J connectivity index is 4.66. The third kappa shape index (κ3) is 2.18. The van der Waals surface area contributed by atoms with Crippen LogP contribution in [0.3, 0.4) is 0 Å². The summed E-state index contributed by atoms with van der Waals surface area (Å²) in [5.74, 6) is 0.243. The van der Waals surface area contributed by atoms with Crippen molar-refractivity contribution in [3.63, 3.8) is 0 Å². The molecule has 0 heterocycles. The molecule has 0 N–H and O–H groups in total. The summed E-state index contributed by atoms with van der Waals surface area (Å²) in [6.07, 6.45) is 3.00. The zero-order valence-electron chi connectivity index (χ0n) is 8.19. The number of carbonyl (C=O) groups excluding carboxylic acids is 1. The Bertz CT molecular complexity index is 175. The van der Waals surface area contributed by atoms with Crippen LogP contribution >= 0.6 is 0 Å². The van der Waals surface area contributed by atoms with Crippen LogP contribution in [0.4, 0.5) is 0 Å². The summed E-state index contributed by atoms with van der Waals surface area (Å²) in [5, 5.41) is 0. The molecule has 0 aliphatic carbocycles. The average molecular weight is 154 g/mol. The summed E-state index contributed by atoms with van der Waals surface area (Å²) in [6.45, 7) is 9.69. The average Bonchev–Trinajstić information content (AvgIpc) is 1.89. The van der Waals surface area contributed by atoms with Crippen LogP contribution in [0.15, 0.2) is 11.6 Å². The lowest BCUT2D eigenvalue weighted by Crippen LogP contribution is -2.23. The van der Waals surface area contributed by atoms with Crippen molar-refractivity contribution < 1.29 is 4.79 Å². The topological polar surface area (TPSA) is 17.1 Å². The molecule has 0 spiro atoms. The molecule has 0 radical (unpaired) electrons. The number of allylic oxidation sites excluding steroid dienone is 2. The maximum absolute atomic E-state index is 11.2. The number of Topliss-reactive ketones (excluding diaryl/α,β-unsaturated/α-hetero) is 1. The van der Waals surface area contributed by atoms with Gasteiger partial charge in [0.05, 0.1) is 0 Å². The summed E-state index contributed by atoms with van der Waals surface area (Å²) in [7, 11) is 0. The van der Waals surface area contributed by atoms with Gasteiger partial charge in [0, 0.05) is 5.41 Å². The van der Waals surface area contributed by atoms with E-state index >= 15 is 0 Å². The Morgan fingerprint density at radius 2 is 1.91 bits per heavy atom. The van der Waals surface area contributed by atoms with Crippen LogP contribution in [-0.2, 0) is 4.79 Å². The second kappa shape index (κ2) is 3.70. The number of hydrogen-bond acceptors (Lipinski definition) is 1. The van der Waals surface area contributed by atoms with Gasteiger partial charge in [-0.05, 0) is 34.1 Å². The van der Waals surface area contributed by atoms with Gasteiger partial charge in [0.25, 0.3) is 0 Å². The van der Waals surface area contributed by atoms with Crippen molar-refractivity contribution in [1.82, 2.24) is 0 Å². The molecule has 1 nitrogen and oxygen atoms in total. The van der Waals surface area contributed by atoms with Crippen LogP contribution in [0, 0.1) is 5.41 Å². The Labute approximate surface area is 69.5 Å². The first-order chi connectivity index (χ1) is 4.96. The van der Waals surface area contributed by atoms with Crippen molar-refractivity contribution in [2.45, 2.75) is 41.0 Å². The highest BCUT2D eigenvalue weighted by Crippen LogP contribution is 2.29. The molecule has 64 valence electrons.